The van der Waals surface area contributed by atoms with E-state index < -0.39 is 0 Å². The van der Waals surface area contributed by atoms with Crippen molar-refractivity contribution < 1.29 is 0 Å². The lowest BCUT2D eigenvalue weighted by Gasteiger charge is -2.25. The molecule has 1 atom stereocenters. The summed E-state index contributed by atoms with van der Waals surface area (Å²) in [5, 5.41) is 3.52. The Hall–Kier alpha value is -1.02. The molecular formula is C15H22N2. The summed E-state index contributed by atoms with van der Waals surface area (Å²) in [5.41, 5.74) is 4.64. The van der Waals surface area contributed by atoms with Crippen molar-refractivity contribution in [3.8, 4) is 0 Å². The Bertz CT molecular complexity index is 394. The van der Waals surface area contributed by atoms with Crippen LogP contribution < -0.4 is 10.2 Å². The van der Waals surface area contributed by atoms with Crippen LogP contribution >= 0.6 is 0 Å². The molecule has 2 nitrogen and oxygen atoms in total. The molecule has 1 saturated heterocycles. The normalized spacial score (nSPS) is 23.8. The Kier molecular flexibility index (Phi) is 3.06. The maximum absolute atomic E-state index is 3.52. The SMILES string of the molecule is CN1CCc2cccc(CC3CCCNC3)c21. The van der Waals surface area contributed by atoms with E-state index in [1.165, 1.54) is 51.0 Å². The van der Waals surface area contributed by atoms with E-state index >= 15 is 0 Å². The number of hydrogen-bond acceptors (Lipinski definition) is 2. The van der Waals surface area contributed by atoms with Crippen molar-refractivity contribution in [3.63, 3.8) is 0 Å². The van der Waals surface area contributed by atoms with E-state index in [4.69, 9.17) is 0 Å². The summed E-state index contributed by atoms with van der Waals surface area (Å²) in [6.45, 7) is 3.60. The van der Waals surface area contributed by atoms with Crippen LogP contribution in [0.25, 0.3) is 0 Å². The number of anilines is 1. The number of rotatable bonds is 2. The van der Waals surface area contributed by atoms with Gasteiger partial charge in [-0.3, -0.25) is 0 Å². The minimum Gasteiger partial charge on any atom is -0.374 e. The predicted octanol–water partition coefficient (Wildman–Crippen LogP) is 2.22. The molecule has 1 unspecified atom stereocenters. The third kappa shape index (κ3) is 2.19. The van der Waals surface area contributed by atoms with Crippen molar-refractivity contribution in [2.24, 2.45) is 5.92 Å². The molecule has 2 aliphatic heterocycles. The predicted molar refractivity (Wildman–Crippen MR) is 72.7 cm³/mol. The van der Waals surface area contributed by atoms with Crippen LogP contribution in [0.15, 0.2) is 18.2 Å². The summed E-state index contributed by atoms with van der Waals surface area (Å²) in [6, 6.07) is 6.86. The lowest BCUT2D eigenvalue weighted by Crippen LogP contribution is -2.31. The van der Waals surface area contributed by atoms with E-state index in [1.54, 1.807) is 11.1 Å². The molecule has 2 aliphatic rings. The number of nitrogens with one attached hydrogen (secondary N) is 1. The molecule has 1 aromatic rings. The Labute approximate surface area is 104 Å². The highest BCUT2D eigenvalue weighted by Crippen LogP contribution is 2.32. The monoisotopic (exact) mass is 230 g/mol. The van der Waals surface area contributed by atoms with Crippen LogP contribution in [-0.4, -0.2) is 26.7 Å². The van der Waals surface area contributed by atoms with Gasteiger partial charge < -0.3 is 10.2 Å². The molecule has 0 saturated carbocycles. The molecule has 17 heavy (non-hydrogen) atoms. The van der Waals surface area contributed by atoms with Gasteiger partial charge in [-0.05, 0) is 55.8 Å². The second-order valence-corrected chi connectivity index (χ2v) is 5.51. The number of fused-ring (bicyclic) bond motifs is 1. The van der Waals surface area contributed by atoms with Crippen LogP contribution in [0.1, 0.15) is 24.0 Å². The van der Waals surface area contributed by atoms with Gasteiger partial charge in [0.25, 0.3) is 0 Å². The fraction of sp³-hybridized carbons (Fsp3) is 0.600. The first-order chi connectivity index (χ1) is 8.34. The lowest BCUT2D eigenvalue weighted by atomic mass is 9.91. The molecule has 0 spiro atoms. The smallest absolute Gasteiger partial charge is 0.0429 e. The van der Waals surface area contributed by atoms with Crippen LogP contribution in [0.4, 0.5) is 5.69 Å². The average Bonchev–Trinajstić information content (AvgIpc) is 2.74. The molecule has 1 N–H and O–H groups in total. The van der Waals surface area contributed by atoms with Crippen LogP contribution in [0, 0.1) is 5.92 Å². The number of likely N-dealkylation sites (N-methyl/N-ethyl adjacent to an activating group) is 1. The summed E-state index contributed by atoms with van der Waals surface area (Å²) in [6.07, 6.45) is 5.21. The molecule has 2 heteroatoms. The topological polar surface area (TPSA) is 15.3 Å². The summed E-state index contributed by atoms with van der Waals surface area (Å²) in [4.78, 5) is 2.43. The first-order valence-corrected chi connectivity index (χ1v) is 6.87. The second-order valence-electron chi connectivity index (χ2n) is 5.51. The van der Waals surface area contributed by atoms with Gasteiger partial charge in [-0.25, -0.2) is 0 Å². The quantitative estimate of drug-likeness (QED) is 0.838. The van der Waals surface area contributed by atoms with Gasteiger partial charge in [-0.1, -0.05) is 18.2 Å². The van der Waals surface area contributed by atoms with Crippen LogP contribution in [0.5, 0.6) is 0 Å². The summed E-state index contributed by atoms with van der Waals surface area (Å²) >= 11 is 0. The molecule has 0 aromatic heterocycles. The highest BCUT2D eigenvalue weighted by molar-refractivity contribution is 5.63. The molecule has 0 bridgehead atoms. The van der Waals surface area contributed by atoms with Crippen molar-refractivity contribution >= 4 is 5.69 Å². The molecular weight excluding hydrogens is 208 g/mol. The zero-order valence-electron chi connectivity index (χ0n) is 10.7. The van der Waals surface area contributed by atoms with E-state index in [2.05, 4.69) is 35.5 Å². The van der Waals surface area contributed by atoms with Gasteiger partial charge in [-0.2, -0.15) is 0 Å². The third-order valence-corrected chi connectivity index (χ3v) is 4.21. The first-order valence-electron chi connectivity index (χ1n) is 6.87. The van der Waals surface area contributed by atoms with Crippen LogP contribution in [0.3, 0.4) is 0 Å². The van der Waals surface area contributed by atoms with Crippen molar-refractivity contribution in [1.29, 1.82) is 0 Å². The third-order valence-electron chi connectivity index (χ3n) is 4.21. The minimum atomic E-state index is 0.837. The molecule has 0 radical (unpaired) electrons. The molecule has 1 aromatic carbocycles. The number of nitrogens with zero attached hydrogens (tertiary/aromatic N) is 1. The first kappa shape index (κ1) is 11.1. The highest BCUT2D eigenvalue weighted by atomic mass is 15.1. The zero-order valence-corrected chi connectivity index (χ0v) is 10.7. The Balaban J connectivity index is 1.81. The number of piperidine rings is 1. The Morgan fingerprint density at radius 2 is 2.35 bits per heavy atom. The zero-order chi connectivity index (χ0) is 11.7. The maximum Gasteiger partial charge on any atom is 0.0429 e. The number of benzene rings is 1. The molecule has 2 heterocycles. The molecule has 0 aliphatic carbocycles. The van der Waals surface area contributed by atoms with Crippen molar-refractivity contribution in [2.75, 3.05) is 31.6 Å². The van der Waals surface area contributed by atoms with E-state index in [9.17, 15) is 0 Å². The molecule has 92 valence electrons. The number of hydrogen-bond donors (Lipinski definition) is 1. The van der Waals surface area contributed by atoms with Gasteiger partial charge in [0.1, 0.15) is 0 Å². The van der Waals surface area contributed by atoms with Crippen LogP contribution in [-0.2, 0) is 12.8 Å². The van der Waals surface area contributed by atoms with Crippen molar-refractivity contribution in [3.05, 3.63) is 29.3 Å². The largest absolute Gasteiger partial charge is 0.374 e. The summed E-state index contributed by atoms with van der Waals surface area (Å²) in [5.74, 6) is 0.837. The second kappa shape index (κ2) is 4.69. The van der Waals surface area contributed by atoms with E-state index in [0.717, 1.165) is 5.92 Å². The van der Waals surface area contributed by atoms with Gasteiger partial charge in [0.05, 0.1) is 0 Å². The molecule has 1 fully saturated rings. The van der Waals surface area contributed by atoms with E-state index in [1.807, 2.05) is 0 Å². The summed E-state index contributed by atoms with van der Waals surface area (Å²) < 4.78 is 0. The average molecular weight is 230 g/mol. The Morgan fingerprint density at radius 1 is 1.41 bits per heavy atom. The van der Waals surface area contributed by atoms with Gasteiger partial charge in [0.15, 0.2) is 0 Å². The van der Waals surface area contributed by atoms with Gasteiger partial charge in [-0.15, -0.1) is 0 Å². The molecule has 3 rings (SSSR count). The van der Waals surface area contributed by atoms with E-state index in [0.29, 0.717) is 0 Å². The van der Waals surface area contributed by atoms with Gasteiger partial charge >= 0.3 is 0 Å². The van der Waals surface area contributed by atoms with Gasteiger partial charge in [0, 0.05) is 19.3 Å². The van der Waals surface area contributed by atoms with Crippen molar-refractivity contribution in [1.82, 2.24) is 5.32 Å². The lowest BCUT2D eigenvalue weighted by molar-refractivity contribution is 0.376. The fourth-order valence-electron chi connectivity index (χ4n) is 3.31. The summed E-state index contributed by atoms with van der Waals surface area (Å²) in [7, 11) is 2.23. The minimum absolute atomic E-state index is 0.837. The fourth-order valence-corrected chi connectivity index (χ4v) is 3.31. The van der Waals surface area contributed by atoms with Crippen molar-refractivity contribution in [2.45, 2.75) is 25.7 Å². The van der Waals surface area contributed by atoms with Crippen LogP contribution in [0.2, 0.25) is 0 Å². The standard InChI is InChI=1S/C15H22N2/c1-17-9-7-13-5-2-6-14(15(13)17)10-12-4-3-8-16-11-12/h2,5-6,12,16H,3-4,7-11H2,1H3. The van der Waals surface area contributed by atoms with E-state index in [-0.39, 0.29) is 0 Å². The molecule has 0 amide bonds. The number of para-hydroxylation sites is 1. The Morgan fingerprint density at radius 3 is 3.18 bits per heavy atom. The maximum atomic E-state index is 3.52. The highest BCUT2D eigenvalue weighted by Gasteiger charge is 2.21. The van der Waals surface area contributed by atoms with Gasteiger partial charge in [0.2, 0.25) is 0 Å².